The number of sulfonamides is 1. The number of hydrogen-bond acceptors (Lipinski definition) is 5. The zero-order valence-electron chi connectivity index (χ0n) is 18.1. The highest BCUT2D eigenvalue weighted by Gasteiger charge is 2.21. The van der Waals surface area contributed by atoms with Gasteiger partial charge in [-0.15, -0.1) is 11.3 Å². The van der Waals surface area contributed by atoms with Crippen molar-refractivity contribution in [2.45, 2.75) is 11.8 Å². The number of aryl methyl sites for hydroxylation is 1. The van der Waals surface area contributed by atoms with Crippen LogP contribution in [-0.2, 0) is 10.0 Å². The molecule has 0 fully saturated rings. The summed E-state index contributed by atoms with van der Waals surface area (Å²) in [6.45, 7) is 1.87. The molecule has 1 heterocycles. The Kier molecular flexibility index (Phi) is 6.45. The van der Waals surface area contributed by atoms with Crippen molar-refractivity contribution in [1.82, 2.24) is 4.98 Å². The molecule has 174 valence electrons. The third-order valence-corrected chi connectivity index (χ3v) is 7.67. The highest BCUT2D eigenvalue weighted by atomic mass is 32.2. The maximum atomic E-state index is 13.5. The summed E-state index contributed by atoms with van der Waals surface area (Å²) in [6, 6.07) is 16.1. The van der Waals surface area contributed by atoms with Gasteiger partial charge in [0, 0.05) is 23.6 Å². The van der Waals surface area contributed by atoms with Gasteiger partial charge >= 0.3 is 0 Å². The van der Waals surface area contributed by atoms with Gasteiger partial charge in [-0.2, -0.15) is 0 Å². The summed E-state index contributed by atoms with van der Waals surface area (Å²) in [7, 11) is -2.30. The lowest BCUT2D eigenvalue weighted by Crippen LogP contribution is -2.26. The fourth-order valence-electron chi connectivity index (χ4n) is 3.12. The standard InChI is InChI=1S/C24H19F2N3O3S2/c1-15-3-10-19(11-4-15)34(31,32)29(2)18-8-5-16(6-9-18)23(30)28-24-27-22(14-33-24)17-7-12-20(25)21(26)13-17/h3-14H,1-2H3,(H,27,28,30). The van der Waals surface area contributed by atoms with Gasteiger partial charge < -0.3 is 0 Å². The number of amides is 1. The molecule has 4 aromatic rings. The van der Waals surface area contributed by atoms with Crippen molar-refractivity contribution >= 4 is 38.1 Å². The predicted molar refractivity (Wildman–Crippen MR) is 129 cm³/mol. The van der Waals surface area contributed by atoms with E-state index in [1.54, 1.807) is 29.6 Å². The van der Waals surface area contributed by atoms with Gasteiger partial charge in [-0.3, -0.25) is 14.4 Å². The van der Waals surface area contributed by atoms with Crippen molar-refractivity contribution in [3.05, 3.63) is 94.9 Å². The number of thiazole rings is 1. The van der Waals surface area contributed by atoms with Crippen LogP contribution in [0, 0.1) is 18.6 Å². The molecule has 0 aliphatic rings. The third kappa shape index (κ3) is 4.82. The molecule has 0 aliphatic heterocycles. The van der Waals surface area contributed by atoms with E-state index < -0.39 is 27.6 Å². The molecular weight excluding hydrogens is 480 g/mol. The Morgan fingerprint density at radius 3 is 2.29 bits per heavy atom. The quantitative estimate of drug-likeness (QED) is 0.381. The Morgan fingerprint density at radius 1 is 0.971 bits per heavy atom. The summed E-state index contributed by atoms with van der Waals surface area (Å²) < 4.78 is 53.5. The van der Waals surface area contributed by atoms with Gasteiger partial charge in [0.25, 0.3) is 15.9 Å². The van der Waals surface area contributed by atoms with Gasteiger partial charge in [0.05, 0.1) is 16.3 Å². The lowest BCUT2D eigenvalue weighted by Gasteiger charge is -2.20. The van der Waals surface area contributed by atoms with Gasteiger partial charge in [0.2, 0.25) is 0 Å². The summed E-state index contributed by atoms with van der Waals surface area (Å²) in [5, 5.41) is 4.56. The molecule has 4 rings (SSSR count). The van der Waals surface area contributed by atoms with E-state index in [1.165, 1.54) is 37.4 Å². The molecule has 1 amide bonds. The minimum atomic E-state index is -3.75. The number of anilines is 2. The number of benzene rings is 3. The van der Waals surface area contributed by atoms with Gasteiger partial charge in [-0.1, -0.05) is 17.7 Å². The Balaban J connectivity index is 1.47. The fourth-order valence-corrected chi connectivity index (χ4v) is 5.03. The maximum absolute atomic E-state index is 13.5. The molecule has 0 unspecified atom stereocenters. The van der Waals surface area contributed by atoms with Crippen molar-refractivity contribution in [3.63, 3.8) is 0 Å². The molecule has 0 saturated heterocycles. The van der Waals surface area contributed by atoms with Crippen LogP contribution in [0.2, 0.25) is 0 Å². The SMILES string of the molecule is Cc1ccc(S(=O)(=O)N(C)c2ccc(C(=O)Nc3nc(-c4ccc(F)c(F)c4)cs3)cc2)cc1. The summed E-state index contributed by atoms with van der Waals surface area (Å²) in [4.78, 5) is 17.0. The largest absolute Gasteiger partial charge is 0.298 e. The monoisotopic (exact) mass is 499 g/mol. The number of carbonyl (C=O) groups is 1. The summed E-state index contributed by atoms with van der Waals surface area (Å²) in [5.41, 5.74) is 2.44. The van der Waals surface area contributed by atoms with E-state index in [2.05, 4.69) is 10.3 Å². The molecule has 0 saturated carbocycles. The maximum Gasteiger partial charge on any atom is 0.264 e. The second-order valence-corrected chi connectivity index (χ2v) is 10.3. The number of halogens is 2. The molecule has 1 N–H and O–H groups in total. The Labute approximate surface area is 199 Å². The minimum Gasteiger partial charge on any atom is -0.298 e. The van der Waals surface area contributed by atoms with Gasteiger partial charge in [-0.05, 0) is 61.5 Å². The molecule has 0 radical (unpaired) electrons. The van der Waals surface area contributed by atoms with Crippen LogP contribution in [0.15, 0.2) is 77.0 Å². The van der Waals surface area contributed by atoms with Crippen LogP contribution >= 0.6 is 11.3 Å². The average molecular weight is 500 g/mol. The van der Waals surface area contributed by atoms with Crippen LogP contribution in [0.1, 0.15) is 15.9 Å². The number of carbonyl (C=O) groups excluding carboxylic acids is 1. The van der Waals surface area contributed by atoms with E-state index in [0.29, 0.717) is 22.5 Å². The zero-order valence-corrected chi connectivity index (χ0v) is 19.8. The predicted octanol–water partition coefficient (Wildman–Crippen LogP) is 5.47. The van der Waals surface area contributed by atoms with E-state index in [0.717, 1.165) is 33.3 Å². The second kappa shape index (κ2) is 9.32. The lowest BCUT2D eigenvalue weighted by molar-refractivity contribution is 0.102. The molecule has 0 aliphatic carbocycles. The van der Waals surface area contributed by atoms with Gasteiger partial charge in [0.15, 0.2) is 16.8 Å². The molecule has 0 atom stereocenters. The van der Waals surface area contributed by atoms with E-state index in [-0.39, 0.29) is 10.0 Å². The number of nitrogens with zero attached hydrogens (tertiary/aromatic N) is 2. The Hall–Kier alpha value is -3.63. The molecule has 10 heteroatoms. The molecule has 6 nitrogen and oxygen atoms in total. The van der Waals surface area contributed by atoms with Crippen molar-refractivity contribution in [3.8, 4) is 11.3 Å². The first-order chi connectivity index (χ1) is 16.1. The molecule has 3 aromatic carbocycles. The van der Waals surface area contributed by atoms with Crippen LogP contribution < -0.4 is 9.62 Å². The highest BCUT2D eigenvalue weighted by molar-refractivity contribution is 7.92. The topological polar surface area (TPSA) is 79.4 Å². The van der Waals surface area contributed by atoms with Crippen LogP contribution in [0.3, 0.4) is 0 Å². The van der Waals surface area contributed by atoms with Crippen LogP contribution in [0.25, 0.3) is 11.3 Å². The van der Waals surface area contributed by atoms with E-state index in [4.69, 9.17) is 0 Å². The van der Waals surface area contributed by atoms with Gasteiger partial charge in [0.1, 0.15) is 0 Å². The van der Waals surface area contributed by atoms with E-state index >= 15 is 0 Å². The first-order valence-electron chi connectivity index (χ1n) is 10.0. The van der Waals surface area contributed by atoms with Crippen LogP contribution in [-0.4, -0.2) is 26.4 Å². The van der Waals surface area contributed by atoms with E-state index in [9.17, 15) is 22.0 Å². The number of hydrogen-bond donors (Lipinski definition) is 1. The number of nitrogens with one attached hydrogen (secondary N) is 1. The van der Waals surface area contributed by atoms with E-state index in [1.807, 2.05) is 6.92 Å². The lowest BCUT2D eigenvalue weighted by atomic mass is 10.2. The molecule has 0 spiro atoms. The van der Waals surface area contributed by atoms with Crippen LogP contribution in [0.4, 0.5) is 19.6 Å². The molecular formula is C24H19F2N3O3S2. The minimum absolute atomic E-state index is 0.169. The van der Waals surface area contributed by atoms with Crippen molar-refractivity contribution in [2.24, 2.45) is 0 Å². The number of aromatic nitrogens is 1. The first-order valence-corrected chi connectivity index (χ1v) is 12.3. The summed E-state index contributed by atoms with van der Waals surface area (Å²) in [5.74, 6) is -2.37. The van der Waals surface area contributed by atoms with Crippen molar-refractivity contribution in [1.29, 1.82) is 0 Å². The molecule has 0 bridgehead atoms. The molecule has 34 heavy (non-hydrogen) atoms. The Bertz CT molecular complexity index is 1450. The first kappa shape index (κ1) is 23.5. The smallest absolute Gasteiger partial charge is 0.264 e. The fraction of sp³-hybridized carbons (Fsp3) is 0.0833. The highest BCUT2D eigenvalue weighted by Crippen LogP contribution is 2.27. The van der Waals surface area contributed by atoms with Crippen LogP contribution in [0.5, 0.6) is 0 Å². The average Bonchev–Trinajstić information content (AvgIpc) is 3.29. The normalized spacial score (nSPS) is 11.3. The van der Waals surface area contributed by atoms with Gasteiger partial charge in [-0.25, -0.2) is 22.2 Å². The third-order valence-electron chi connectivity index (χ3n) is 5.11. The summed E-state index contributed by atoms with van der Waals surface area (Å²) in [6.07, 6.45) is 0. The second-order valence-electron chi connectivity index (χ2n) is 7.45. The molecule has 1 aromatic heterocycles. The summed E-state index contributed by atoms with van der Waals surface area (Å²) >= 11 is 1.14. The van der Waals surface area contributed by atoms with Crippen molar-refractivity contribution < 1.29 is 22.0 Å². The van der Waals surface area contributed by atoms with Crippen molar-refractivity contribution in [2.75, 3.05) is 16.7 Å². The Morgan fingerprint density at radius 2 is 1.65 bits per heavy atom. The zero-order chi connectivity index (χ0) is 24.5. The number of rotatable bonds is 6.